The average molecular weight is 393 g/mol. The van der Waals surface area contributed by atoms with Crippen LogP contribution >= 0.6 is 11.6 Å². The van der Waals surface area contributed by atoms with E-state index < -0.39 is 11.7 Å². The second-order valence-electron chi connectivity index (χ2n) is 6.51. The van der Waals surface area contributed by atoms with Gasteiger partial charge in [-0.15, -0.1) is 0 Å². The van der Waals surface area contributed by atoms with E-state index in [0.717, 1.165) is 11.1 Å². The number of halogens is 1. The van der Waals surface area contributed by atoms with Crippen LogP contribution in [0.4, 0.5) is 0 Å². The molecule has 1 atom stereocenters. The van der Waals surface area contributed by atoms with Crippen LogP contribution < -0.4 is 11.2 Å². The summed E-state index contributed by atoms with van der Waals surface area (Å²) in [6.07, 6.45) is 4.84. The summed E-state index contributed by atoms with van der Waals surface area (Å²) in [6.45, 7) is 3.65. The van der Waals surface area contributed by atoms with Gasteiger partial charge >= 0.3 is 5.69 Å². The van der Waals surface area contributed by atoms with Crippen molar-refractivity contribution in [3.05, 3.63) is 98.0 Å². The average Bonchev–Trinajstić information content (AvgIpc) is 2.72. The maximum atomic E-state index is 13.5. The van der Waals surface area contributed by atoms with Gasteiger partial charge in [-0.05, 0) is 61.4 Å². The smallest absolute Gasteiger partial charge is 0.268 e. The zero-order valence-electron chi connectivity index (χ0n) is 15.3. The Kier molecular flexibility index (Phi) is 4.57. The van der Waals surface area contributed by atoms with E-state index in [1.54, 1.807) is 61.1 Å². The fourth-order valence-electron chi connectivity index (χ4n) is 3.35. The highest BCUT2D eigenvalue weighted by atomic mass is 35.5. The Morgan fingerprint density at radius 1 is 1.00 bits per heavy atom. The van der Waals surface area contributed by atoms with Crippen molar-refractivity contribution in [2.75, 3.05) is 0 Å². The first-order valence-electron chi connectivity index (χ1n) is 8.78. The summed E-state index contributed by atoms with van der Waals surface area (Å²) in [5.41, 5.74) is 1.60. The molecule has 0 aliphatic carbocycles. The minimum absolute atomic E-state index is 0.307. The van der Waals surface area contributed by atoms with Crippen LogP contribution in [0.25, 0.3) is 16.7 Å². The summed E-state index contributed by atoms with van der Waals surface area (Å²) in [5.74, 6) is 0. The van der Waals surface area contributed by atoms with Crippen LogP contribution in [-0.2, 0) is 0 Å². The number of rotatable bonds is 3. The lowest BCUT2D eigenvalue weighted by Gasteiger charge is -2.19. The molecule has 0 saturated heterocycles. The minimum Gasteiger partial charge on any atom is -0.268 e. The molecular weight excluding hydrogens is 376 g/mol. The van der Waals surface area contributed by atoms with Crippen LogP contribution in [0.1, 0.15) is 24.1 Å². The molecular formula is C21H17ClN4O2. The Morgan fingerprint density at radius 2 is 1.75 bits per heavy atom. The Balaban J connectivity index is 2.13. The zero-order chi connectivity index (χ0) is 19.8. The summed E-state index contributed by atoms with van der Waals surface area (Å²) < 4.78 is 2.70. The van der Waals surface area contributed by atoms with E-state index in [4.69, 9.17) is 11.6 Å². The van der Waals surface area contributed by atoms with Crippen LogP contribution in [0.3, 0.4) is 0 Å². The van der Waals surface area contributed by atoms with Crippen molar-refractivity contribution in [2.24, 2.45) is 0 Å². The number of fused-ring (bicyclic) bond motifs is 1. The second-order valence-corrected chi connectivity index (χ2v) is 6.92. The Labute approximate surface area is 165 Å². The topological polar surface area (TPSA) is 69.8 Å². The van der Waals surface area contributed by atoms with Gasteiger partial charge in [-0.2, -0.15) is 0 Å². The quantitative estimate of drug-likeness (QED) is 0.535. The highest BCUT2D eigenvalue weighted by Crippen LogP contribution is 2.23. The van der Waals surface area contributed by atoms with E-state index in [-0.39, 0.29) is 5.56 Å². The number of aromatic nitrogens is 4. The van der Waals surface area contributed by atoms with Crippen LogP contribution in [0.2, 0.25) is 5.02 Å². The molecule has 0 fully saturated rings. The highest BCUT2D eigenvalue weighted by Gasteiger charge is 2.21. The van der Waals surface area contributed by atoms with Gasteiger partial charge in [0.1, 0.15) is 0 Å². The third kappa shape index (κ3) is 2.82. The number of pyridine rings is 2. The van der Waals surface area contributed by atoms with Gasteiger partial charge in [0.25, 0.3) is 5.56 Å². The lowest BCUT2D eigenvalue weighted by atomic mass is 10.1. The number of benzene rings is 1. The van der Waals surface area contributed by atoms with Crippen LogP contribution in [0.5, 0.6) is 0 Å². The predicted octanol–water partition coefficient (Wildman–Crippen LogP) is 3.51. The van der Waals surface area contributed by atoms with E-state index in [1.807, 2.05) is 13.8 Å². The standard InChI is InChI=1S/C21H17ClN4O2/c1-13-17(22)6-3-7-18(13)26-19-16(5-4-10-24-19)20(27)25(21(26)28)14(2)15-8-11-23-12-9-15/h3-12,14H,1-2H3. The maximum Gasteiger partial charge on any atom is 0.337 e. The fourth-order valence-corrected chi connectivity index (χ4v) is 3.51. The third-order valence-electron chi connectivity index (χ3n) is 4.90. The van der Waals surface area contributed by atoms with E-state index in [9.17, 15) is 9.59 Å². The summed E-state index contributed by atoms with van der Waals surface area (Å²) in [4.78, 5) is 35.0. The lowest BCUT2D eigenvalue weighted by molar-refractivity contribution is 0.570. The molecule has 4 aromatic rings. The molecule has 0 bridgehead atoms. The molecule has 0 N–H and O–H groups in total. The summed E-state index contributed by atoms with van der Waals surface area (Å²) in [7, 11) is 0. The van der Waals surface area contributed by atoms with Gasteiger partial charge in [-0.25, -0.2) is 14.3 Å². The molecule has 3 aromatic heterocycles. The molecule has 7 heteroatoms. The molecule has 0 saturated carbocycles. The van der Waals surface area contributed by atoms with Gasteiger partial charge in [-0.1, -0.05) is 17.7 Å². The molecule has 140 valence electrons. The fraction of sp³-hybridized carbons (Fsp3) is 0.143. The van der Waals surface area contributed by atoms with Crippen molar-refractivity contribution < 1.29 is 0 Å². The van der Waals surface area contributed by atoms with Crippen molar-refractivity contribution in [3.63, 3.8) is 0 Å². The molecule has 6 nitrogen and oxygen atoms in total. The van der Waals surface area contributed by atoms with E-state index >= 15 is 0 Å². The second kappa shape index (κ2) is 7.05. The van der Waals surface area contributed by atoms with Crippen molar-refractivity contribution in [3.8, 4) is 5.69 Å². The highest BCUT2D eigenvalue weighted by molar-refractivity contribution is 6.31. The van der Waals surface area contributed by atoms with E-state index in [1.165, 1.54) is 9.13 Å². The van der Waals surface area contributed by atoms with Gasteiger partial charge in [0.2, 0.25) is 0 Å². The molecule has 4 rings (SSSR count). The molecule has 0 amide bonds. The normalized spacial score (nSPS) is 12.2. The molecule has 1 aromatic carbocycles. The van der Waals surface area contributed by atoms with Gasteiger partial charge in [-0.3, -0.25) is 14.3 Å². The monoisotopic (exact) mass is 392 g/mol. The lowest BCUT2D eigenvalue weighted by Crippen LogP contribution is -2.42. The van der Waals surface area contributed by atoms with Crippen molar-refractivity contribution in [1.29, 1.82) is 0 Å². The molecule has 28 heavy (non-hydrogen) atoms. The Morgan fingerprint density at radius 3 is 2.50 bits per heavy atom. The summed E-state index contributed by atoms with van der Waals surface area (Å²) in [6, 6.07) is 11.8. The Hall–Kier alpha value is -3.25. The summed E-state index contributed by atoms with van der Waals surface area (Å²) in [5, 5.41) is 0.899. The summed E-state index contributed by atoms with van der Waals surface area (Å²) >= 11 is 6.29. The van der Waals surface area contributed by atoms with Gasteiger partial charge in [0, 0.05) is 23.6 Å². The van der Waals surface area contributed by atoms with Crippen LogP contribution in [0.15, 0.2) is 70.6 Å². The van der Waals surface area contributed by atoms with Crippen LogP contribution in [0, 0.1) is 6.92 Å². The van der Waals surface area contributed by atoms with Crippen LogP contribution in [-0.4, -0.2) is 19.1 Å². The van der Waals surface area contributed by atoms with Gasteiger partial charge in [0.15, 0.2) is 5.65 Å². The first kappa shape index (κ1) is 18.1. The maximum absolute atomic E-state index is 13.5. The first-order chi connectivity index (χ1) is 13.5. The zero-order valence-corrected chi connectivity index (χ0v) is 16.1. The van der Waals surface area contributed by atoms with Crippen molar-refractivity contribution in [1.82, 2.24) is 19.1 Å². The molecule has 1 unspecified atom stereocenters. The third-order valence-corrected chi connectivity index (χ3v) is 5.31. The molecule has 0 spiro atoms. The number of hydrogen-bond acceptors (Lipinski definition) is 4. The minimum atomic E-state index is -0.474. The van der Waals surface area contributed by atoms with E-state index in [2.05, 4.69) is 9.97 Å². The van der Waals surface area contributed by atoms with Crippen molar-refractivity contribution >= 4 is 22.6 Å². The number of hydrogen-bond donors (Lipinski definition) is 0. The molecule has 3 heterocycles. The van der Waals surface area contributed by atoms with Crippen molar-refractivity contribution in [2.45, 2.75) is 19.9 Å². The first-order valence-corrected chi connectivity index (χ1v) is 9.16. The number of nitrogens with zero attached hydrogens (tertiary/aromatic N) is 4. The van der Waals surface area contributed by atoms with Gasteiger partial charge in [0.05, 0.1) is 17.1 Å². The molecule has 0 aliphatic rings. The van der Waals surface area contributed by atoms with E-state index in [0.29, 0.717) is 21.7 Å². The predicted molar refractivity (Wildman–Crippen MR) is 109 cm³/mol. The Bertz CT molecular complexity index is 1300. The molecule has 0 radical (unpaired) electrons. The van der Waals surface area contributed by atoms with Gasteiger partial charge < -0.3 is 0 Å². The largest absolute Gasteiger partial charge is 0.337 e. The molecule has 0 aliphatic heterocycles. The SMILES string of the molecule is Cc1c(Cl)cccc1-n1c(=O)n(C(C)c2ccncc2)c(=O)c2cccnc21.